The van der Waals surface area contributed by atoms with E-state index in [1.165, 1.54) is 0 Å². The monoisotopic (exact) mass is 205 g/mol. The first-order valence-corrected chi connectivity index (χ1v) is 4.98. The van der Waals surface area contributed by atoms with Crippen LogP contribution < -0.4 is 5.32 Å². The van der Waals surface area contributed by atoms with Gasteiger partial charge < -0.3 is 14.8 Å². The average Bonchev–Trinajstić information content (AvgIpc) is 2.62. The van der Waals surface area contributed by atoms with Gasteiger partial charge >= 0.3 is 0 Å². The van der Waals surface area contributed by atoms with E-state index in [2.05, 4.69) is 5.32 Å². The van der Waals surface area contributed by atoms with Crippen LogP contribution in [0.5, 0.6) is 0 Å². The lowest BCUT2D eigenvalue weighted by Gasteiger charge is -2.23. The van der Waals surface area contributed by atoms with E-state index in [9.17, 15) is 5.11 Å². The summed E-state index contributed by atoms with van der Waals surface area (Å²) >= 11 is 0. The zero-order valence-electron chi connectivity index (χ0n) is 8.95. The Kier molecular flexibility index (Phi) is 2.40. The number of hydrogen-bond acceptors (Lipinski definition) is 3. The molecule has 0 amide bonds. The van der Waals surface area contributed by atoms with Gasteiger partial charge in [0.25, 0.3) is 0 Å². The van der Waals surface area contributed by atoms with Gasteiger partial charge in [-0.05, 0) is 26.0 Å². The third-order valence-electron chi connectivity index (χ3n) is 2.35. The Morgan fingerprint density at radius 2 is 2.07 bits per heavy atom. The van der Waals surface area contributed by atoms with E-state index in [0.717, 1.165) is 16.7 Å². The Balaban J connectivity index is 2.37. The number of aliphatic hydroxyl groups is 1. The molecule has 2 aromatic rings. The zero-order valence-corrected chi connectivity index (χ0v) is 8.95. The summed E-state index contributed by atoms with van der Waals surface area (Å²) in [6.45, 7) is 3.95. The number of fused-ring (bicyclic) bond motifs is 1. The van der Waals surface area contributed by atoms with Crippen LogP contribution in [0.4, 0.5) is 5.69 Å². The molecule has 0 aliphatic heterocycles. The smallest absolute Gasteiger partial charge is 0.136 e. The van der Waals surface area contributed by atoms with Crippen molar-refractivity contribution in [2.24, 2.45) is 0 Å². The lowest BCUT2D eigenvalue weighted by atomic mass is 10.1. The molecule has 15 heavy (non-hydrogen) atoms. The molecule has 1 heterocycles. The van der Waals surface area contributed by atoms with Crippen LogP contribution >= 0.6 is 0 Å². The van der Waals surface area contributed by atoms with Crippen LogP contribution in [0.1, 0.15) is 13.8 Å². The summed E-state index contributed by atoms with van der Waals surface area (Å²) in [5.41, 5.74) is 1.44. The molecule has 80 valence electrons. The van der Waals surface area contributed by atoms with E-state index in [4.69, 9.17) is 4.42 Å². The van der Waals surface area contributed by atoms with Gasteiger partial charge in [-0.2, -0.15) is 0 Å². The summed E-state index contributed by atoms with van der Waals surface area (Å²) < 4.78 is 5.40. The van der Waals surface area contributed by atoms with E-state index in [0.29, 0.717) is 0 Å². The van der Waals surface area contributed by atoms with Gasteiger partial charge in [-0.1, -0.05) is 12.1 Å². The first-order chi connectivity index (χ1) is 7.12. The Hall–Kier alpha value is -1.48. The molecule has 0 fully saturated rings. The Labute approximate surface area is 88.7 Å². The molecular formula is C12H15NO2. The van der Waals surface area contributed by atoms with Crippen LogP contribution in [0.15, 0.2) is 34.9 Å². The average molecular weight is 205 g/mol. The standard InChI is InChI=1S/C12H15NO2/c1-12(2,8-14)13-10-7-15-11-6-4-3-5-9(10)11/h3-7,13-14H,8H2,1-2H3. The number of anilines is 1. The van der Waals surface area contributed by atoms with Crippen LogP contribution in [0.25, 0.3) is 11.0 Å². The van der Waals surface area contributed by atoms with Crippen molar-refractivity contribution >= 4 is 16.7 Å². The maximum atomic E-state index is 9.17. The predicted molar refractivity (Wildman–Crippen MR) is 61.0 cm³/mol. The van der Waals surface area contributed by atoms with Crippen LogP contribution in [0.2, 0.25) is 0 Å². The van der Waals surface area contributed by atoms with Crippen molar-refractivity contribution in [2.75, 3.05) is 11.9 Å². The van der Waals surface area contributed by atoms with Gasteiger partial charge in [-0.3, -0.25) is 0 Å². The number of para-hydroxylation sites is 1. The van der Waals surface area contributed by atoms with Gasteiger partial charge in [0.05, 0.1) is 17.8 Å². The largest absolute Gasteiger partial charge is 0.462 e. The number of rotatable bonds is 3. The summed E-state index contributed by atoms with van der Waals surface area (Å²) in [7, 11) is 0. The van der Waals surface area contributed by atoms with Crippen molar-refractivity contribution < 1.29 is 9.52 Å². The molecule has 0 radical (unpaired) electrons. The number of hydrogen-bond donors (Lipinski definition) is 2. The summed E-state index contributed by atoms with van der Waals surface area (Å²) in [6, 6.07) is 7.82. The molecule has 0 spiro atoms. The second kappa shape index (κ2) is 3.59. The molecule has 0 unspecified atom stereocenters. The van der Waals surface area contributed by atoms with Crippen molar-refractivity contribution in [1.82, 2.24) is 0 Å². The van der Waals surface area contributed by atoms with Crippen molar-refractivity contribution in [3.63, 3.8) is 0 Å². The second-order valence-corrected chi connectivity index (χ2v) is 4.31. The number of aliphatic hydroxyl groups excluding tert-OH is 1. The molecule has 0 saturated heterocycles. The molecule has 1 aromatic heterocycles. The second-order valence-electron chi connectivity index (χ2n) is 4.31. The van der Waals surface area contributed by atoms with Crippen molar-refractivity contribution in [3.8, 4) is 0 Å². The molecule has 2 N–H and O–H groups in total. The highest BCUT2D eigenvalue weighted by Crippen LogP contribution is 2.27. The molecule has 0 aliphatic carbocycles. The van der Waals surface area contributed by atoms with Crippen molar-refractivity contribution in [3.05, 3.63) is 30.5 Å². The Bertz CT molecular complexity index is 459. The van der Waals surface area contributed by atoms with E-state index in [-0.39, 0.29) is 12.1 Å². The van der Waals surface area contributed by atoms with Crippen molar-refractivity contribution in [2.45, 2.75) is 19.4 Å². The maximum absolute atomic E-state index is 9.17. The van der Waals surface area contributed by atoms with Crippen molar-refractivity contribution in [1.29, 1.82) is 0 Å². The highest BCUT2D eigenvalue weighted by atomic mass is 16.3. The minimum absolute atomic E-state index is 0.0759. The molecule has 2 rings (SSSR count). The highest BCUT2D eigenvalue weighted by Gasteiger charge is 2.17. The van der Waals surface area contributed by atoms with E-state index < -0.39 is 0 Å². The number of nitrogens with one attached hydrogen (secondary N) is 1. The first-order valence-electron chi connectivity index (χ1n) is 4.98. The molecule has 3 nitrogen and oxygen atoms in total. The molecule has 0 bridgehead atoms. The van der Waals surface area contributed by atoms with Gasteiger partial charge in [0.2, 0.25) is 0 Å². The van der Waals surface area contributed by atoms with Gasteiger partial charge in [0, 0.05) is 5.39 Å². The minimum Gasteiger partial charge on any atom is -0.462 e. The van der Waals surface area contributed by atoms with Crippen LogP contribution in [-0.2, 0) is 0 Å². The molecule has 1 aromatic carbocycles. The fraction of sp³-hybridized carbons (Fsp3) is 0.333. The van der Waals surface area contributed by atoms with Gasteiger partial charge in [0.1, 0.15) is 11.8 Å². The first kappa shape index (κ1) is 10.1. The Morgan fingerprint density at radius 1 is 1.33 bits per heavy atom. The van der Waals surface area contributed by atoms with Gasteiger partial charge in [-0.15, -0.1) is 0 Å². The zero-order chi connectivity index (χ0) is 10.9. The number of benzene rings is 1. The van der Waals surface area contributed by atoms with E-state index in [1.54, 1.807) is 6.26 Å². The summed E-state index contributed by atoms with van der Waals surface area (Å²) in [5.74, 6) is 0. The SMILES string of the molecule is CC(C)(CO)Nc1coc2ccccc12. The minimum atomic E-state index is -0.341. The molecule has 0 atom stereocenters. The number of furan rings is 1. The van der Waals surface area contributed by atoms with E-state index in [1.807, 2.05) is 38.1 Å². The van der Waals surface area contributed by atoms with Crippen LogP contribution in [0, 0.1) is 0 Å². The molecule has 3 heteroatoms. The van der Waals surface area contributed by atoms with Gasteiger partial charge in [0.15, 0.2) is 0 Å². The van der Waals surface area contributed by atoms with Crippen LogP contribution in [-0.4, -0.2) is 17.3 Å². The summed E-state index contributed by atoms with van der Waals surface area (Å²) in [5, 5.41) is 13.5. The topological polar surface area (TPSA) is 45.4 Å². The third-order valence-corrected chi connectivity index (χ3v) is 2.35. The lowest BCUT2D eigenvalue weighted by Crippen LogP contribution is -2.34. The van der Waals surface area contributed by atoms with Crippen LogP contribution in [0.3, 0.4) is 0 Å². The fourth-order valence-electron chi connectivity index (χ4n) is 1.48. The quantitative estimate of drug-likeness (QED) is 0.809. The highest BCUT2D eigenvalue weighted by molar-refractivity contribution is 5.90. The lowest BCUT2D eigenvalue weighted by molar-refractivity contribution is 0.234. The van der Waals surface area contributed by atoms with Gasteiger partial charge in [-0.25, -0.2) is 0 Å². The fourth-order valence-corrected chi connectivity index (χ4v) is 1.48. The summed E-state index contributed by atoms with van der Waals surface area (Å²) in [4.78, 5) is 0. The molecule has 0 saturated carbocycles. The molecular weight excluding hydrogens is 190 g/mol. The Morgan fingerprint density at radius 3 is 2.80 bits per heavy atom. The third kappa shape index (κ3) is 1.97. The normalized spacial score (nSPS) is 11.9. The predicted octanol–water partition coefficient (Wildman–Crippen LogP) is 2.62. The van der Waals surface area contributed by atoms with E-state index >= 15 is 0 Å². The molecule has 0 aliphatic rings. The summed E-state index contributed by atoms with van der Waals surface area (Å²) in [6.07, 6.45) is 1.68. The maximum Gasteiger partial charge on any atom is 0.136 e.